The van der Waals surface area contributed by atoms with E-state index < -0.39 is 0 Å². The zero-order chi connectivity index (χ0) is 10.2. The van der Waals surface area contributed by atoms with E-state index in [1.807, 2.05) is 22.9 Å². The molecule has 4 heteroatoms. The summed E-state index contributed by atoms with van der Waals surface area (Å²) in [6.07, 6.45) is 7.17. The first-order valence-electron chi connectivity index (χ1n) is 5.30. The Morgan fingerprint density at radius 1 is 1.36 bits per heavy atom. The van der Waals surface area contributed by atoms with E-state index in [2.05, 4.69) is 3.53 Å². The minimum atomic E-state index is 0.0502. The lowest BCUT2D eigenvalue weighted by atomic mass is 9.90. The second-order valence-electron chi connectivity index (χ2n) is 3.85. The Kier molecular flexibility index (Phi) is 6.51. The van der Waals surface area contributed by atoms with Gasteiger partial charge in [-0.2, -0.15) is 0 Å². The number of carbonyl (C=O) groups excluding carboxylic acids is 1. The normalized spacial score (nSPS) is 18.1. The number of rotatable bonds is 5. The average Bonchev–Trinajstić information content (AvgIpc) is 2.25. The fourth-order valence-corrected chi connectivity index (χ4v) is 2.09. The zero-order valence-corrected chi connectivity index (χ0v) is 10.6. The maximum Gasteiger partial charge on any atom is 0.230 e. The summed E-state index contributed by atoms with van der Waals surface area (Å²) in [6, 6.07) is 0. The number of halogens is 1. The monoisotopic (exact) mass is 311 g/mol. The molecule has 0 spiro atoms. The van der Waals surface area contributed by atoms with Gasteiger partial charge in [-0.25, -0.2) is 0 Å². The van der Waals surface area contributed by atoms with Gasteiger partial charge < -0.3 is 4.74 Å². The summed E-state index contributed by atoms with van der Waals surface area (Å²) in [4.78, 5) is 10.9. The fraction of sp³-hybridized carbons (Fsp3) is 0.900. The molecule has 0 saturated heterocycles. The molecule has 1 rings (SSSR count). The van der Waals surface area contributed by atoms with Crippen LogP contribution in [0, 0.1) is 5.92 Å². The van der Waals surface area contributed by atoms with Gasteiger partial charge in [0.15, 0.2) is 0 Å². The molecular formula is C10H18INO2. The van der Waals surface area contributed by atoms with E-state index in [0.717, 1.165) is 12.5 Å². The van der Waals surface area contributed by atoms with Gasteiger partial charge in [0.05, 0.1) is 35.9 Å². The van der Waals surface area contributed by atoms with Crippen LogP contribution < -0.4 is 3.53 Å². The number of nitrogens with one attached hydrogen (secondary N) is 1. The number of ether oxygens (including phenoxy) is 1. The van der Waals surface area contributed by atoms with Crippen molar-refractivity contribution in [2.45, 2.75) is 38.5 Å². The Hall–Kier alpha value is 0.160. The largest absolute Gasteiger partial charge is 0.381 e. The van der Waals surface area contributed by atoms with Gasteiger partial charge in [-0.15, -0.1) is 0 Å². The minimum absolute atomic E-state index is 0.0502. The van der Waals surface area contributed by atoms with Gasteiger partial charge in [0, 0.05) is 6.61 Å². The predicted octanol–water partition coefficient (Wildman–Crippen LogP) is 2.44. The Bertz CT molecular complexity index is 170. The third-order valence-corrected chi connectivity index (χ3v) is 3.26. The first-order valence-corrected chi connectivity index (χ1v) is 6.38. The quantitative estimate of drug-likeness (QED) is 0.481. The third kappa shape index (κ3) is 5.14. The van der Waals surface area contributed by atoms with E-state index >= 15 is 0 Å². The molecule has 1 saturated carbocycles. The molecule has 0 aliphatic heterocycles. The molecule has 1 aliphatic carbocycles. The average molecular weight is 311 g/mol. The molecule has 1 fully saturated rings. The molecule has 0 aromatic rings. The summed E-state index contributed by atoms with van der Waals surface area (Å²) < 4.78 is 8.04. The highest BCUT2D eigenvalue weighted by molar-refractivity contribution is 14.1. The van der Waals surface area contributed by atoms with Crippen molar-refractivity contribution in [2.75, 3.05) is 13.2 Å². The summed E-state index contributed by atoms with van der Waals surface area (Å²) >= 11 is 1.85. The van der Waals surface area contributed by atoms with Crippen molar-refractivity contribution in [3.63, 3.8) is 0 Å². The molecular weight excluding hydrogens is 293 g/mol. The van der Waals surface area contributed by atoms with Crippen LogP contribution in [0.3, 0.4) is 0 Å². The number of hydrogen-bond acceptors (Lipinski definition) is 2. The van der Waals surface area contributed by atoms with Crippen LogP contribution in [-0.4, -0.2) is 19.1 Å². The van der Waals surface area contributed by atoms with E-state index in [9.17, 15) is 4.79 Å². The van der Waals surface area contributed by atoms with Crippen molar-refractivity contribution in [1.82, 2.24) is 3.53 Å². The van der Waals surface area contributed by atoms with Crippen molar-refractivity contribution in [1.29, 1.82) is 0 Å². The molecule has 0 heterocycles. The smallest absolute Gasteiger partial charge is 0.230 e. The summed E-state index contributed by atoms with van der Waals surface area (Å²) in [5.74, 6) is 0.792. The van der Waals surface area contributed by atoms with Gasteiger partial charge in [0.1, 0.15) is 0 Å². The maximum absolute atomic E-state index is 10.9. The lowest BCUT2D eigenvalue weighted by Gasteiger charge is -2.21. The highest BCUT2D eigenvalue weighted by Crippen LogP contribution is 2.23. The molecule has 82 valence electrons. The highest BCUT2D eigenvalue weighted by atomic mass is 127. The van der Waals surface area contributed by atoms with Crippen LogP contribution in [0.15, 0.2) is 0 Å². The van der Waals surface area contributed by atoms with Gasteiger partial charge in [-0.05, 0) is 18.8 Å². The molecule has 1 aliphatic rings. The topological polar surface area (TPSA) is 38.3 Å². The molecule has 1 amide bonds. The maximum atomic E-state index is 10.9. The fourth-order valence-electron chi connectivity index (χ4n) is 1.82. The number of hydrogen-bond donors (Lipinski definition) is 1. The summed E-state index contributed by atoms with van der Waals surface area (Å²) in [7, 11) is 0. The molecule has 0 unspecified atom stereocenters. The Labute approximate surface area is 99.5 Å². The van der Waals surface area contributed by atoms with Crippen LogP contribution in [0.4, 0.5) is 0 Å². The van der Waals surface area contributed by atoms with Crippen LogP contribution in [-0.2, 0) is 9.53 Å². The van der Waals surface area contributed by atoms with Crippen LogP contribution in [0.25, 0.3) is 0 Å². The predicted molar refractivity (Wildman–Crippen MR) is 64.2 cm³/mol. The molecule has 1 N–H and O–H groups in total. The van der Waals surface area contributed by atoms with Gasteiger partial charge in [-0.3, -0.25) is 8.32 Å². The van der Waals surface area contributed by atoms with Crippen LogP contribution in [0.5, 0.6) is 0 Å². The molecule has 0 bridgehead atoms. The van der Waals surface area contributed by atoms with Crippen LogP contribution in [0.2, 0.25) is 0 Å². The number of carbonyl (C=O) groups is 1. The third-order valence-electron chi connectivity index (χ3n) is 2.66. The van der Waals surface area contributed by atoms with Gasteiger partial charge in [0.2, 0.25) is 5.91 Å². The second kappa shape index (κ2) is 7.45. The van der Waals surface area contributed by atoms with E-state index in [1.165, 1.54) is 32.1 Å². The van der Waals surface area contributed by atoms with E-state index in [1.54, 1.807) is 0 Å². The van der Waals surface area contributed by atoms with Gasteiger partial charge >= 0.3 is 0 Å². The summed E-state index contributed by atoms with van der Waals surface area (Å²) in [5, 5.41) is 0. The molecule has 14 heavy (non-hydrogen) atoms. The number of amides is 1. The van der Waals surface area contributed by atoms with E-state index in [-0.39, 0.29) is 5.91 Å². The van der Waals surface area contributed by atoms with Crippen LogP contribution >= 0.6 is 22.9 Å². The minimum Gasteiger partial charge on any atom is -0.381 e. The Morgan fingerprint density at radius 2 is 2.07 bits per heavy atom. The molecule has 3 nitrogen and oxygen atoms in total. The van der Waals surface area contributed by atoms with Crippen molar-refractivity contribution in [2.24, 2.45) is 5.92 Å². The van der Waals surface area contributed by atoms with Crippen LogP contribution in [0.1, 0.15) is 38.5 Å². The second-order valence-corrected chi connectivity index (χ2v) is 4.39. The SMILES string of the molecule is O=C(CCOCC1CCCCC1)NI. The van der Waals surface area contributed by atoms with Crippen molar-refractivity contribution >= 4 is 28.8 Å². The molecule has 0 atom stereocenters. The lowest BCUT2D eigenvalue weighted by Crippen LogP contribution is -2.17. The van der Waals surface area contributed by atoms with Crippen molar-refractivity contribution in [3.05, 3.63) is 0 Å². The molecule has 0 aromatic carbocycles. The Morgan fingerprint density at radius 3 is 2.71 bits per heavy atom. The van der Waals surface area contributed by atoms with Crippen molar-refractivity contribution in [3.8, 4) is 0 Å². The van der Waals surface area contributed by atoms with Crippen molar-refractivity contribution < 1.29 is 9.53 Å². The van der Waals surface area contributed by atoms with Gasteiger partial charge in [0.25, 0.3) is 0 Å². The molecule has 0 radical (unpaired) electrons. The first kappa shape index (κ1) is 12.2. The standard InChI is InChI=1S/C10H18INO2/c11-12-10(13)6-7-14-8-9-4-2-1-3-5-9/h9H,1-8H2,(H,12,13). The zero-order valence-electron chi connectivity index (χ0n) is 8.43. The van der Waals surface area contributed by atoms with E-state index in [4.69, 9.17) is 4.74 Å². The van der Waals surface area contributed by atoms with E-state index in [0.29, 0.717) is 13.0 Å². The highest BCUT2D eigenvalue weighted by Gasteiger charge is 2.13. The van der Waals surface area contributed by atoms with Gasteiger partial charge in [-0.1, -0.05) is 19.3 Å². The first-order chi connectivity index (χ1) is 6.83. The summed E-state index contributed by atoms with van der Waals surface area (Å²) in [6.45, 7) is 1.40. The molecule has 0 aromatic heterocycles. The lowest BCUT2D eigenvalue weighted by molar-refractivity contribution is -0.120. The summed E-state index contributed by atoms with van der Waals surface area (Å²) in [5.41, 5.74) is 0. The Balaban J connectivity index is 1.94.